The SMILES string of the molecule is CCC/C=C/CC/C=C/CC/C=C/CCCC(O)C(O)C(COC1OC(CO)C(O)C(O)C1O)NC(=O)C(O)CCCCCCCCCCCCCCCCC/C=C\CCCCCCCCCCCCCC. The minimum atomic E-state index is -1.67. The molecule has 11 heteroatoms. The van der Waals surface area contributed by atoms with Crippen molar-refractivity contribution in [2.75, 3.05) is 13.2 Å². The maximum atomic E-state index is 13.2. The lowest BCUT2D eigenvalue weighted by molar-refractivity contribution is -0.303. The highest BCUT2D eigenvalue weighted by molar-refractivity contribution is 5.80. The highest BCUT2D eigenvalue weighted by Gasteiger charge is 2.44. The van der Waals surface area contributed by atoms with Crippen molar-refractivity contribution in [3.8, 4) is 0 Å². The van der Waals surface area contributed by atoms with Gasteiger partial charge in [-0.3, -0.25) is 4.79 Å². The Kier molecular flexibility index (Phi) is 47.2. The summed E-state index contributed by atoms with van der Waals surface area (Å²) in [7, 11) is 0. The van der Waals surface area contributed by atoms with E-state index in [2.05, 4.69) is 67.8 Å². The van der Waals surface area contributed by atoms with Crippen LogP contribution in [0, 0.1) is 0 Å². The molecule has 0 bridgehead atoms. The van der Waals surface area contributed by atoms with Crippen LogP contribution in [-0.2, 0) is 14.3 Å². The third kappa shape index (κ3) is 37.7. The normalized spacial score (nSPS) is 20.4. The van der Waals surface area contributed by atoms with E-state index in [1.165, 1.54) is 167 Å². The van der Waals surface area contributed by atoms with Crippen molar-refractivity contribution < 1.29 is 50.0 Å². The number of hydrogen-bond acceptors (Lipinski definition) is 10. The van der Waals surface area contributed by atoms with Gasteiger partial charge in [0.2, 0.25) is 5.91 Å². The predicted molar refractivity (Wildman–Crippen MR) is 298 cm³/mol. The van der Waals surface area contributed by atoms with E-state index in [9.17, 15) is 40.5 Å². The second kappa shape index (κ2) is 49.9. The van der Waals surface area contributed by atoms with E-state index in [1.807, 2.05) is 0 Å². The van der Waals surface area contributed by atoms with Gasteiger partial charge in [-0.15, -0.1) is 0 Å². The van der Waals surface area contributed by atoms with Gasteiger partial charge < -0.3 is 50.5 Å². The molecular weight excluding hydrogens is 907 g/mol. The van der Waals surface area contributed by atoms with E-state index >= 15 is 0 Å². The van der Waals surface area contributed by atoms with Crippen LogP contribution in [0.2, 0.25) is 0 Å². The largest absolute Gasteiger partial charge is 0.394 e. The first-order valence-corrected chi connectivity index (χ1v) is 30.0. The zero-order valence-corrected chi connectivity index (χ0v) is 46.2. The molecule has 1 amide bonds. The molecule has 1 aliphatic heterocycles. The van der Waals surface area contributed by atoms with Crippen molar-refractivity contribution in [2.45, 2.75) is 319 Å². The van der Waals surface area contributed by atoms with Crippen LogP contribution in [0.5, 0.6) is 0 Å². The smallest absolute Gasteiger partial charge is 0.249 e. The first kappa shape index (κ1) is 68.1. The Balaban J connectivity index is 2.22. The molecule has 1 saturated heterocycles. The molecule has 422 valence electrons. The fourth-order valence-corrected chi connectivity index (χ4v) is 9.42. The van der Waals surface area contributed by atoms with E-state index in [4.69, 9.17) is 9.47 Å². The quantitative estimate of drug-likeness (QED) is 0.0215. The van der Waals surface area contributed by atoms with Crippen LogP contribution in [0.25, 0.3) is 0 Å². The number of carbonyl (C=O) groups excluding carboxylic acids is 1. The van der Waals surface area contributed by atoms with E-state index in [-0.39, 0.29) is 12.8 Å². The summed E-state index contributed by atoms with van der Waals surface area (Å²) in [6.07, 6.45) is 51.9. The summed E-state index contributed by atoms with van der Waals surface area (Å²) in [5.74, 6) is -0.711. The Morgan fingerprint density at radius 1 is 0.472 bits per heavy atom. The Bertz CT molecular complexity index is 1310. The lowest BCUT2D eigenvalue weighted by Crippen LogP contribution is -2.60. The van der Waals surface area contributed by atoms with E-state index in [0.29, 0.717) is 19.3 Å². The predicted octanol–water partition coefficient (Wildman–Crippen LogP) is 12.8. The molecule has 0 aromatic heterocycles. The molecule has 11 nitrogen and oxygen atoms in total. The van der Waals surface area contributed by atoms with Gasteiger partial charge in [0.15, 0.2) is 6.29 Å². The van der Waals surface area contributed by atoms with Gasteiger partial charge in [-0.1, -0.05) is 229 Å². The highest BCUT2D eigenvalue weighted by Crippen LogP contribution is 2.23. The summed E-state index contributed by atoms with van der Waals surface area (Å²) in [6, 6.07) is -1.19. The fraction of sp³-hybridized carbons (Fsp3) is 0.852. The lowest BCUT2D eigenvalue weighted by Gasteiger charge is -2.40. The molecule has 0 radical (unpaired) electrons. The molecule has 1 aliphatic rings. The molecule has 9 atom stereocenters. The fourth-order valence-electron chi connectivity index (χ4n) is 9.42. The van der Waals surface area contributed by atoms with E-state index in [0.717, 1.165) is 51.4 Å². The molecule has 9 unspecified atom stereocenters. The molecule has 1 fully saturated rings. The van der Waals surface area contributed by atoms with Crippen molar-refractivity contribution >= 4 is 5.91 Å². The van der Waals surface area contributed by atoms with Crippen LogP contribution in [0.4, 0.5) is 0 Å². The molecule has 1 heterocycles. The summed E-state index contributed by atoms with van der Waals surface area (Å²) >= 11 is 0. The highest BCUT2D eigenvalue weighted by atomic mass is 16.7. The summed E-state index contributed by atoms with van der Waals surface area (Å²) in [5.41, 5.74) is 0. The van der Waals surface area contributed by atoms with Crippen molar-refractivity contribution in [3.05, 3.63) is 48.6 Å². The number of hydrogen-bond donors (Lipinski definition) is 8. The van der Waals surface area contributed by atoms with Crippen LogP contribution < -0.4 is 5.32 Å². The van der Waals surface area contributed by atoms with Gasteiger partial charge in [-0.2, -0.15) is 0 Å². The number of nitrogens with one attached hydrogen (secondary N) is 1. The van der Waals surface area contributed by atoms with Crippen molar-refractivity contribution in [1.29, 1.82) is 0 Å². The second-order valence-corrected chi connectivity index (χ2v) is 21.0. The third-order valence-corrected chi connectivity index (χ3v) is 14.3. The molecule has 1 rings (SSSR count). The molecule has 8 N–H and O–H groups in total. The number of aliphatic hydroxyl groups excluding tert-OH is 7. The van der Waals surface area contributed by atoms with Crippen LogP contribution in [0.15, 0.2) is 48.6 Å². The zero-order valence-electron chi connectivity index (χ0n) is 46.2. The van der Waals surface area contributed by atoms with Gasteiger partial charge in [0.1, 0.15) is 36.6 Å². The number of aliphatic hydroxyl groups is 7. The molecule has 72 heavy (non-hydrogen) atoms. The number of allylic oxidation sites excluding steroid dienone is 8. The summed E-state index contributed by atoms with van der Waals surface area (Å²) in [5, 5.41) is 76.0. The van der Waals surface area contributed by atoms with Crippen molar-refractivity contribution in [2.24, 2.45) is 0 Å². The van der Waals surface area contributed by atoms with Crippen LogP contribution in [-0.4, -0.2) is 110 Å². The van der Waals surface area contributed by atoms with Crippen LogP contribution in [0.1, 0.15) is 264 Å². The van der Waals surface area contributed by atoms with Crippen molar-refractivity contribution in [3.63, 3.8) is 0 Å². The van der Waals surface area contributed by atoms with Gasteiger partial charge in [-0.05, 0) is 83.5 Å². The Hall–Kier alpha value is -1.93. The Labute approximate surface area is 440 Å². The number of carbonyl (C=O) groups is 1. The first-order valence-electron chi connectivity index (χ1n) is 30.0. The van der Waals surface area contributed by atoms with Gasteiger partial charge >= 0.3 is 0 Å². The van der Waals surface area contributed by atoms with Gasteiger partial charge in [-0.25, -0.2) is 0 Å². The van der Waals surface area contributed by atoms with Gasteiger partial charge in [0.05, 0.1) is 25.4 Å². The van der Waals surface area contributed by atoms with E-state index < -0.39 is 74.2 Å². The van der Waals surface area contributed by atoms with Gasteiger partial charge in [0, 0.05) is 0 Å². The summed E-state index contributed by atoms with van der Waals surface area (Å²) in [6.45, 7) is 3.38. The van der Waals surface area contributed by atoms with Crippen LogP contribution in [0.3, 0.4) is 0 Å². The topological polar surface area (TPSA) is 189 Å². The minimum absolute atomic E-state index is 0.240. The maximum Gasteiger partial charge on any atom is 0.249 e. The first-order chi connectivity index (χ1) is 35.2. The average molecular weight is 1020 g/mol. The molecule has 0 aliphatic carbocycles. The zero-order chi connectivity index (χ0) is 52.5. The standard InChI is InChI=1S/C61H113NO10/c1-3-5-7-9-11-13-15-17-19-20-21-22-23-24-25-26-27-28-29-30-31-32-33-34-35-37-39-41-43-45-47-49-54(65)60(70)62-52(51-71-61-59(69)58(68)57(67)55(50-63)72-61)56(66)53(64)48-46-44-42-40-38-36-18-16-14-12-10-8-6-4-2/h8,10,16,18,24-25,40,42,52-59,61,63-69H,3-7,9,11-15,17,19-23,26-39,41,43-51H2,1-2H3,(H,62,70)/b10-8+,18-16+,25-24-,42-40+. The number of ether oxygens (including phenoxy) is 2. The number of amides is 1. The Morgan fingerprint density at radius 2 is 0.861 bits per heavy atom. The molecule has 0 aromatic rings. The summed E-state index contributed by atoms with van der Waals surface area (Å²) < 4.78 is 11.1. The van der Waals surface area contributed by atoms with Crippen LogP contribution >= 0.6 is 0 Å². The van der Waals surface area contributed by atoms with Crippen molar-refractivity contribution in [1.82, 2.24) is 5.32 Å². The van der Waals surface area contributed by atoms with E-state index in [1.54, 1.807) is 0 Å². The molecule has 0 spiro atoms. The van der Waals surface area contributed by atoms with Gasteiger partial charge in [0.25, 0.3) is 0 Å². The average Bonchev–Trinajstić information content (AvgIpc) is 3.38. The lowest BCUT2D eigenvalue weighted by atomic mass is 9.98. The summed E-state index contributed by atoms with van der Waals surface area (Å²) in [4.78, 5) is 13.2. The third-order valence-electron chi connectivity index (χ3n) is 14.3. The second-order valence-electron chi connectivity index (χ2n) is 21.0. The molecule has 0 saturated carbocycles. The Morgan fingerprint density at radius 3 is 1.29 bits per heavy atom. The molecule has 0 aromatic carbocycles. The number of rotatable bonds is 51. The monoisotopic (exact) mass is 1020 g/mol. The minimum Gasteiger partial charge on any atom is -0.394 e. The molecular formula is C61H113NO10. The maximum absolute atomic E-state index is 13.2. The number of unbranched alkanes of at least 4 members (excludes halogenated alkanes) is 31.